The minimum Gasteiger partial charge on any atom is -0.373 e. The van der Waals surface area contributed by atoms with Crippen LogP contribution in [0.1, 0.15) is 49.5 Å². The van der Waals surface area contributed by atoms with Crippen molar-refractivity contribution < 1.29 is 22.7 Å². The third-order valence-corrected chi connectivity index (χ3v) is 5.37. The Morgan fingerprint density at radius 2 is 1.87 bits per heavy atom. The Hall–Kier alpha value is -2.27. The van der Waals surface area contributed by atoms with Crippen LogP contribution in [0.3, 0.4) is 0 Å². The molecule has 31 heavy (non-hydrogen) atoms. The zero-order valence-corrected chi connectivity index (χ0v) is 18.3. The van der Waals surface area contributed by atoms with Gasteiger partial charge in [-0.05, 0) is 46.1 Å². The molecule has 1 aliphatic heterocycles. The molecule has 2 aromatic rings. The van der Waals surface area contributed by atoms with Crippen molar-refractivity contribution in [3.05, 3.63) is 22.8 Å². The molecule has 3 heterocycles. The van der Waals surface area contributed by atoms with Gasteiger partial charge in [-0.3, -0.25) is 9.69 Å². The molecule has 2 unspecified atom stereocenters. The lowest BCUT2D eigenvalue weighted by atomic mass is 10.1. The highest BCUT2D eigenvalue weighted by Crippen LogP contribution is 2.27. The molecule has 172 valence electrons. The van der Waals surface area contributed by atoms with Gasteiger partial charge in [0.25, 0.3) is 11.6 Å². The van der Waals surface area contributed by atoms with Crippen LogP contribution in [0.15, 0.2) is 0 Å². The third-order valence-electron chi connectivity index (χ3n) is 5.37. The lowest BCUT2D eigenvalue weighted by molar-refractivity contribution is -0.144. The van der Waals surface area contributed by atoms with Gasteiger partial charge in [0, 0.05) is 44.0 Å². The number of carbonyl (C=O) groups excluding carboxylic acids is 1. The van der Waals surface area contributed by atoms with E-state index in [0.29, 0.717) is 29.9 Å². The summed E-state index contributed by atoms with van der Waals surface area (Å²) in [5.41, 5.74) is 1.76. The van der Waals surface area contributed by atoms with Gasteiger partial charge < -0.3 is 10.1 Å². The molecule has 0 saturated carbocycles. The number of halogens is 3. The highest BCUT2D eigenvalue weighted by atomic mass is 19.4. The average Bonchev–Trinajstić information content (AvgIpc) is 3.09. The molecule has 2 aromatic heterocycles. The van der Waals surface area contributed by atoms with E-state index in [9.17, 15) is 18.0 Å². The van der Waals surface area contributed by atoms with Crippen molar-refractivity contribution in [2.24, 2.45) is 0 Å². The molecule has 0 aliphatic carbocycles. The first-order valence-corrected chi connectivity index (χ1v) is 10.5. The van der Waals surface area contributed by atoms with Gasteiger partial charge in [0.2, 0.25) is 5.91 Å². The molecule has 0 aromatic carbocycles. The molecule has 1 saturated heterocycles. The van der Waals surface area contributed by atoms with Crippen molar-refractivity contribution in [3.8, 4) is 0 Å². The molecular formula is C20H29F3N6O2. The average molecular weight is 442 g/mol. The van der Waals surface area contributed by atoms with Gasteiger partial charge in [-0.25, -0.2) is 9.50 Å². The van der Waals surface area contributed by atoms with Crippen LogP contribution >= 0.6 is 0 Å². The number of alkyl halides is 3. The van der Waals surface area contributed by atoms with E-state index in [1.165, 1.54) is 0 Å². The Morgan fingerprint density at radius 3 is 2.52 bits per heavy atom. The van der Waals surface area contributed by atoms with Gasteiger partial charge >= 0.3 is 6.18 Å². The first kappa shape index (κ1) is 23.4. The molecular weight excluding hydrogens is 413 g/mol. The van der Waals surface area contributed by atoms with E-state index in [0.717, 1.165) is 30.6 Å². The number of aryl methyl sites for hydroxylation is 2. The normalized spacial score (nSPS) is 20.4. The molecule has 2 atom stereocenters. The summed E-state index contributed by atoms with van der Waals surface area (Å²) in [6.45, 7) is 10.7. The van der Waals surface area contributed by atoms with Crippen LogP contribution < -0.4 is 5.32 Å². The van der Waals surface area contributed by atoms with Crippen LogP contribution in [0.5, 0.6) is 0 Å². The minimum atomic E-state index is -4.63. The van der Waals surface area contributed by atoms with Gasteiger partial charge in [-0.15, -0.1) is 5.10 Å². The van der Waals surface area contributed by atoms with E-state index < -0.39 is 12.0 Å². The number of carbonyl (C=O) groups is 1. The second kappa shape index (κ2) is 9.47. The van der Waals surface area contributed by atoms with E-state index >= 15 is 0 Å². The fourth-order valence-electron chi connectivity index (χ4n) is 4.01. The Bertz CT molecular complexity index is 920. The fraction of sp³-hybridized carbons (Fsp3) is 0.700. The highest BCUT2D eigenvalue weighted by molar-refractivity contribution is 5.76. The zero-order chi connectivity index (χ0) is 22.8. The molecule has 1 amide bonds. The maximum Gasteiger partial charge on any atom is 0.453 e. The standard InChI is InChI=1S/C20H29F3N6O2/c1-12-10-28(11-13(2)31-12)9-5-8-24-17(30)7-6-16-14(3)25-19-26-18(20(21,22)23)27-29(19)15(16)4/h12-13H,5-11H2,1-4H3,(H,24,30). The smallest absolute Gasteiger partial charge is 0.373 e. The Morgan fingerprint density at radius 1 is 1.19 bits per heavy atom. The number of amides is 1. The van der Waals surface area contributed by atoms with Gasteiger partial charge in [-0.2, -0.15) is 18.2 Å². The van der Waals surface area contributed by atoms with Crippen molar-refractivity contribution in [1.82, 2.24) is 29.8 Å². The summed E-state index contributed by atoms with van der Waals surface area (Å²) in [7, 11) is 0. The van der Waals surface area contributed by atoms with Crippen LogP contribution in [0.25, 0.3) is 5.78 Å². The number of hydrogen-bond donors (Lipinski definition) is 1. The Kier molecular flexibility index (Phi) is 7.15. The second-order valence-corrected chi connectivity index (χ2v) is 8.13. The summed E-state index contributed by atoms with van der Waals surface area (Å²) in [5.74, 6) is -1.42. The molecule has 0 bridgehead atoms. The molecule has 0 spiro atoms. The molecule has 1 aliphatic rings. The fourth-order valence-corrected chi connectivity index (χ4v) is 4.01. The number of aromatic nitrogens is 4. The van der Waals surface area contributed by atoms with Crippen LogP contribution in [-0.4, -0.2) is 68.8 Å². The first-order chi connectivity index (χ1) is 14.5. The Balaban J connectivity index is 1.50. The second-order valence-electron chi connectivity index (χ2n) is 8.13. The Labute approximate surface area is 179 Å². The van der Waals surface area contributed by atoms with Crippen molar-refractivity contribution in [1.29, 1.82) is 0 Å². The van der Waals surface area contributed by atoms with E-state index in [2.05, 4.69) is 39.1 Å². The van der Waals surface area contributed by atoms with Crippen LogP contribution in [0.2, 0.25) is 0 Å². The molecule has 0 radical (unpaired) electrons. The summed E-state index contributed by atoms with van der Waals surface area (Å²) in [4.78, 5) is 22.2. The van der Waals surface area contributed by atoms with Crippen LogP contribution in [0, 0.1) is 13.8 Å². The molecule has 1 fully saturated rings. The maximum absolute atomic E-state index is 12.9. The van der Waals surface area contributed by atoms with Gasteiger partial charge in [-0.1, -0.05) is 0 Å². The topological polar surface area (TPSA) is 84.6 Å². The van der Waals surface area contributed by atoms with Gasteiger partial charge in [0.15, 0.2) is 0 Å². The number of nitrogens with zero attached hydrogens (tertiary/aromatic N) is 5. The van der Waals surface area contributed by atoms with E-state index in [4.69, 9.17) is 4.74 Å². The minimum absolute atomic E-state index is 0.0951. The summed E-state index contributed by atoms with van der Waals surface area (Å²) in [6, 6.07) is 0. The predicted octanol–water partition coefficient (Wildman–Crippen LogP) is 2.31. The number of rotatable bonds is 7. The summed E-state index contributed by atoms with van der Waals surface area (Å²) < 4.78 is 45.5. The molecule has 8 nitrogen and oxygen atoms in total. The SMILES string of the molecule is Cc1nc2nc(C(F)(F)F)nn2c(C)c1CCC(=O)NCCCN1CC(C)OC(C)C1. The van der Waals surface area contributed by atoms with Gasteiger partial charge in [0.05, 0.1) is 12.2 Å². The van der Waals surface area contributed by atoms with Crippen LogP contribution in [-0.2, 0) is 22.1 Å². The maximum atomic E-state index is 12.9. The first-order valence-electron chi connectivity index (χ1n) is 10.5. The molecule has 3 rings (SSSR count). The highest BCUT2D eigenvalue weighted by Gasteiger charge is 2.37. The number of nitrogens with one attached hydrogen (secondary N) is 1. The van der Waals surface area contributed by atoms with E-state index in [1.54, 1.807) is 13.8 Å². The number of morpholine rings is 1. The largest absolute Gasteiger partial charge is 0.453 e. The quantitative estimate of drug-likeness (QED) is 0.663. The predicted molar refractivity (Wildman–Crippen MR) is 108 cm³/mol. The van der Waals surface area contributed by atoms with Crippen molar-refractivity contribution in [2.75, 3.05) is 26.2 Å². The lowest BCUT2D eigenvalue weighted by Crippen LogP contribution is -2.46. The summed E-state index contributed by atoms with van der Waals surface area (Å²) in [5, 5.41) is 6.45. The van der Waals surface area contributed by atoms with E-state index in [1.807, 2.05) is 0 Å². The van der Waals surface area contributed by atoms with Crippen molar-refractivity contribution in [3.63, 3.8) is 0 Å². The van der Waals surface area contributed by atoms with E-state index in [-0.39, 0.29) is 30.3 Å². The summed E-state index contributed by atoms with van der Waals surface area (Å²) in [6.07, 6.45) is -2.77. The molecule has 11 heteroatoms. The summed E-state index contributed by atoms with van der Waals surface area (Å²) >= 11 is 0. The third kappa shape index (κ3) is 5.91. The number of hydrogen-bond acceptors (Lipinski definition) is 6. The zero-order valence-electron chi connectivity index (χ0n) is 18.3. The lowest BCUT2D eigenvalue weighted by Gasteiger charge is -2.35. The number of ether oxygens (including phenoxy) is 1. The van der Waals surface area contributed by atoms with Crippen molar-refractivity contribution in [2.45, 2.75) is 65.3 Å². The van der Waals surface area contributed by atoms with Crippen molar-refractivity contribution >= 4 is 11.7 Å². The van der Waals surface area contributed by atoms with Crippen LogP contribution in [0.4, 0.5) is 13.2 Å². The van der Waals surface area contributed by atoms with Gasteiger partial charge in [0.1, 0.15) is 0 Å². The monoisotopic (exact) mass is 442 g/mol. The molecule has 1 N–H and O–H groups in total. The number of fused-ring (bicyclic) bond motifs is 1.